The van der Waals surface area contributed by atoms with Crippen LogP contribution in [0, 0.1) is 23.4 Å². The summed E-state index contributed by atoms with van der Waals surface area (Å²) in [5.74, 6) is -5.68. The van der Waals surface area contributed by atoms with Gasteiger partial charge in [0.15, 0.2) is 17.9 Å². The largest absolute Gasteiger partial charge is 0.573 e. The van der Waals surface area contributed by atoms with Crippen LogP contribution in [0.5, 0.6) is 11.5 Å². The third-order valence-electron chi connectivity index (χ3n) is 5.77. The van der Waals surface area contributed by atoms with Crippen molar-refractivity contribution < 1.29 is 50.1 Å². The molecule has 1 aliphatic rings. The molecule has 5 nitrogen and oxygen atoms in total. The maximum absolute atomic E-state index is 14.9. The molecular weight excluding hydrogens is 518 g/mol. The van der Waals surface area contributed by atoms with E-state index in [1.807, 2.05) is 0 Å². The van der Waals surface area contributed by atoms with Crippen molar-refractivity contribution in [3.8, 4) is 22.6 Å². The maximum Gasteiger partial charge on any atom is 0.573 e. The minimum absolute atomic E-state index is 0.0644. The highest BCUT2D eigenvalue weighted by atomic mass is 19.4. The molecule has 4 rings (SSSR count). The molecule has 0 saturated carbocycles. The quantitative estimate of drug-likeness (QED) is 0.178. The molecule has 202 valence electrons. The lowest BCUT2D eigenvalue weighted by atomic mass is 10.0. The summed E-state index contributed by atoms with van der Waals surface area (Å²) in [5.41, 5.74) is 0.124. The molecule has 0 aliphatic carbocycles. The number of halogens is 6. The van der Waals surface area contributed by atoms with Gasteiger partial charge in [-0.1, -0.05) is 31.5 Å². The van der Waals surface area contributed by atoms with E-state index in [-0.39, 0.29) is 17.0 Å². The lowest BCUT2D eigenvalue weighted by Crippen LogP contribution is -2.27. The Kier molecular flexibility index (Phi) is 8.27. The lowest BCUT2D eigenvalue weighted by molar-refractivity contribution is -0.275. The summed E-state index contributed by atoms with van der Waals surface area (Å²) in [7, 11) is 0. The number of rotatable bonds is 7. The van der Waals surface area contributed by atoms with E-state index in [0.717, 1.165) is 31.0 Å². The zero-order valence-electron chi connectivity index (χ0n) is 20.0. The Labute approximate surface area is 213 Å². The number of carbonyl (C=O) groups is 1. The molecule has 0 radical (unpaired) electrons. The van der Waals surface area contributed by atoms with Gasteiger partial charge in [0.1, 0.15) is 17.4 Å². The molecule has 1 fully saturated rings. The summed E-state index contributed by atoms with van der Waals surface area (Å²) >= 11 is 0. The van der Waals surface area contributed by atoms with Gasteiger partial charge >= 0.3 is 12.3 Å². The monoisotopic (exact) mass is 540 g/mol. The second kappa shape index (κ2) is 11.4. The van der Waals surface area contributed by atoms with Crippen LogP contribution < -0.4 is 9.47 Å². The third-order valence-corrected chi connectivity index (χ3v) is 5.77. The molecule has 38 heavy (non-hydrogen) atoms. The van der Waals surface area contributed by atoms with E-state index in [1.54, 1.807) is 6.07 Å². The molecule has 0 unspecified atom stereocenters. The molecule has 3 aromatic carbocycles. The molecule has 0 spiro atoms. The van der Waals surface area contributed by atoms with Gasteiger partial charge in [-0.05, 0) is 42.3 Å². The van der Waals surface area contributed by atoms with Gasteiger partial charge in [-0.3, -0.25) is 0 Å². The number of esters is 1. The molecule has 1 aliphatic heterocycles. The fourth-order valence-corrected chi connectivity index (χ4v) is 3.99. The number of carbonyl (C=O) groups excluding carboxylic acids is 1. The van der Waals surface area contributed by atoms with Crippen LogP contribution in [-0.4, -0.2) is 25.5 Å². The van der Waals surface area contributed by atoms with E-state index in [9.17, 15) is 31.1 Å². The van der Waals surface area contributed by atoms with Crippen LogP contribution in [0.1, 0.15) is 42.0 Å². The highest BCUT2D eigenvalue weighted by Crippen LogP contribution is 2.32. The third kappa shape index (κ3) is 6.65. The molecule has 0 aromatic heterocycles. The van der Waals surface area contributed by atoms with Gasteiger partial charge in [0, 0.05) is 23.1 Å². The van der Waals surface area contributed by atoms with Crippen molar-refractivity contribution in [2.45, 2.75) is 32.4 Å². The first kappa shape index (κ1) is 27.5. The molecule has 1 heterocycles. The van der Waals surface area contributed by atoms with Gasteiger partial charge in [0.05, 0.1) is 18.8 Å². The normalized spacial score (nSPS) is 17.8. The number of ether oxygens (including phenoxy) is 4. The van der Waals surface area contributed by atoms with Crippen molar-refractivity contribution in [3.05, 3.63) is 83.2 Å². The zero-order valence-corrected chi connectivity index (χ0v) is 20.0. The number of alkyl halides is 3. The van der Waals surface area contributed by atoms with E-state index in [1.165, 1.54) is 18.2 Å². The van der Waals surface area contributed by atoms with Crippen LogP contribution >= 0.6 is 0 Å². The van der Waals surface area contributed by atoms with Crippen LogP contribution in [0.4, 0.5) is 26.3 Å². The van der Waals surface area contributed by atoms with Crippen LogP contribution in [0.15, 0.2) is 54.6 Å². The van der Waals surface area contributed by atoms with Crippen LogP contribution in [0.3, 0.4) is 0 Å². The molecule has 3 aromatic rings. The highest BCUT2D eigenvalue weighted by Gasteiger charge is 2.32. The topological polar surface area (TPSA) is 54.0 Å². The fraction of sp³-hybridized carbons (Fsp3) is 0.296. The first-order valence-corrected chi connectivity index (χ1v) is 11.6. The fourth-order valence-electron chi connectivity index (χ4n) is 3.99. The van der Waals surface area contributed by atoms with Gasteiger partial charge in [-0.25, -0.2) is 18.0 Å². The van der Waals surface area contributed by atoms with Crippen molar-refractivity contribution in [2.75, 3.05) is 13.2 Å². The van der Waals surface area contributed by atoms with Gasteiger partial charge in [-0.15, -0.1) is 13.2 Å². The smallest absolute Gasteiger partial charge is 0.423 e. The first-order valence-electron chi connectivity index (χ1n) is 11.6. The molecule has 0 atom stereocenters. The van der Waals surface area contributed by atoms with Crippen molar-refractivity contribution in [1.29, 1.82) is 0 Å². The second-order valence-corrected chi connectivity index (χ2v) is 8.62. The van der Waals surface area contributed by atoms with Crippen molar-refractivity contribution in [2.24, 2.45) is 5.92 Å². The summed E-state index contributed by atoms with van der Waals surface area (Å²) in [6.07, 6.45) is -3.85. The van der Waals surface area contributed by atoms with Crippen molar-refractivity contribution >= 4 is 5.97 Å². The van der Waals surface area contributed by atoms with E-state index >= 15 is 0 Å². The molecule has 11 heteroatoms. The zero-order chi connectivity index (χ0) is 27.4. The Morgan fingerprint density at radius 1 is 0.921 bits per heavy atom. The van der Waals surface area contributed by atoms with Crippen LogP contribution in [0.25, 0.3) is 11.1 Å². The Hall–Kier alpha value is -3.57. The standard InChI is InChI=1S/C27H22F6O5/c1-2-3-15-13-35-26(36-14-15)17-5-7-19(21(28)11-17)16-4-8-20(22(29)10-16)25(34)37-18-6-9-24(23(30)12-18)38-27(31,32)33/h4-12,15,26H,2-3,13-14H2,1H3. The summed E-state index contributed by atoms with van der Waals surface area (Å²) in [6.45, 7) is 3.07. The first-order chi connectivity index (χ1) is 18.0. The predicted octanol–water partition coefficient (Wildman–Crippen LogP) is 7.35. The van der Waals surface area contributed by atoms with E-state index in [4.69, 9.17) is 14.2 Å². The summed E-state index contributed by atoms with van der Waals surface area (Å²) in [5, 5.41) is 0. The molecule has 1 saturated heterocycles. The minimum Gasteiger partial charge on any atom is -0.423 e. The summed E-state index contributed by atoms with van der Waals surface area (Å²) in [6, 6.07) is 9.52. The average molecular weight is 540 g/mol. The highest BCUT2D eigenvalue weighted by molar-refractivity contribution is 5.92. The van der Waals surface area contributed by atoms with E-state index in [0.29, 0.717) is 30.9 Å². The van der Waals surface area contributed by atoms with Crippen molar-refractivity contribution in [3.63, 3.8) is 0 Å². The predicted molar refractivity (Wildman–Crippen MR) is 123 cm³/mol. The Morgan fingerprint density at radius 3 is 2.26 bits per heavy atom. The van der Waals surface area contributed by atoms with Gasteiger partial charge in [0.25, 0.3) is 0 Å². The summed E-state index contributed by atoms with van der Waals surface area (Å²) in [4.78, 5) is 12.4. The molecule has 0 amide bonds. The number of benzene rings is 3. The van der Waals surface area contributed by atoms with E-state index in [2.05, 4.69) is 11.7 Å². The Balaban J connectivity index is 1.45. The number of hydrogen-bond acceptors (Lipinski definition) is 5. The Morgan fingerprint density at radius 2 is 1.66 bits per heavy atom. The van der Waals surface area contributed by atoms with Gasteiger partial charge in [-0.2, -0.15) is 0 Å². The van der Waals surface area contributed by atoms with Gasteiger partial charge < -0.3 is 18.9 Å². The summed E-state index contributed by atoms with van der Waals surface area (Å²) < 4.78 is 100. The second-order valence-electron chi connectivity index (χ2n) is 8.62. The molecule has 0 N–H and O–H groups in total. The van der Waals surface area contributed by atoms with Gasteiger partial charge in [0.2, 0.25) is 0 Å². The SMILES string of the molecule is CCCC1COC(c2ccc(-c3ccc(C(=O)Oc4ccc(OC(F)(F)F)c(F)c4)c(F)c3)c(F)c2)OC1. The molecular formula is C27H22F6O5. The van der Waals surface area contributed by atoms with Crippen LogP contribution in [0.2, 0.25) is 0 Å². The van der Waals surface area contributed by atoms with E-state index < -0.39 is 53.1 Å². The molecule has 0 bridgehead atoms. The lowest BCUT2D eigenvalue weighted by Gasteiger charge is -2.29. The minimum atomic E-state index is -5.11. The maximum atomic E-state index is 14.9. The van der Waals surface area contributed by atoms with Crippen molar-refractivity contribution in [1.82, 2.24) is 0 Å². The Bertz CT molecular complexity index is 1300. The number of hydrogen-bond donors (Lipinski definition) is 0. The average Bonchev–Trinajstić information content (AvgIpc) is 2.85. The van der Waals surface area contributed by atoms with Crippen LogP contribution in [-0.2, 0) is 9.47 Å².